The fourth-order valence-electron chi connectivity index (χ4n) is 2.89. The zero-order valence-electron chi connectivity index (χ0n) is 15.6. The lowest BCUT2D eigenvalue weighted by Crippen LogP contribution is -2.43. The third-order valence-corrected chi connectivity index (χ3v) is 4.25. The monoisotopic (exact) mass is 345 g/mol. The van der Waals surface area contributed by atoms with Gasteiger partial charge >= 0.3 is 6.03 Å². The molecule has 1 heterocycles. The van der Waals surface area contributed by atoms with Gasteiger partial charge in [-0.2, -0.15) is 0 Å². The van der Waals surface area contributed by atoms with Crippen LogP contribution in [0.15, 0.2) is 24.3 Å². The molecule has 0 aliphatic carbocycles. The van der Waals surface area contributed by atoms with Crippen molar-refractivity contribution in [3.05, 3.63) is 35.4 Å². The minimum atomic E-state index is -0.963. The van der Waals surface area contributed by atoms with E-state index in [4.69, 9.17) is 0 Å². The van der Waals surface area contributed by atoms with Crippen molar-refractivity contribution >= 4 is 17.8 Å². The van der Waals surface area contributed by atoms with Gasteiger partial charge in [0.25, 0.3) is 5.91 Å². The number of carbonyl (C=O) groups is 3. The van der Waals surface area contributed by atoms with Crippen molar-refractivity contribution in [3.63, 3.8) is 0 Å². The predicted molar refractivity (Wildman–Crippen MR) is 95.9 cm³/mol. The van der Waals surface area contributed by atoms with E-state index in [9.17, 15) is 14.4 Å². The van der Waals surface area contributed by atoms with E-state index in [0.29, 0.717) is 5.92 Å². The molecule has 0 aromatic heterocycles. The summed E-state index contributed by atoms with van der Waals surface area (Å²) in [4.78, 5) is 37.1. The number of nitrogens with one attached hydrogen (secondary N) is 2. The van der Waals surface area contributed by atoms with Gasteiger partial charge in [0.2, 0.25) is 5.91 Å². The zero-order valence-corrected chi connectivity index (χ0v) is 15.6. The highest BCUT2D eigenvalue weighted by Crippen LogP contribution is 2.18. The second kappa shape index (κ2) is 7.25. The minimum absolute atomic E-state index is 0.200. The highest BCUT2D eigenvalue weighted by Gasteiger charge is 2.44. The summed E-state index contributed by atoms with van der Waals surface area (Å²) in [6.45, 7) is 9.19. The van der Waals surface area contributed by atoms with Crippen molar-refractivity contribution in [2.75, 3.05) is 6.54 Å². The molecular formula is C19H27N3O3. The van der Waals surface area contributed by atoms with Crippen molar-refractivity contribution in [3.8, 4) is 0 Å². The van der Waals surface area contributed by atoms with Crippen LogP contribution in [-0.4, -0.2) is 34.8 Å². The Morgan fingerprint density at radius 3 is 2.24 bits per heavy atom. The molecule has 1 atom stereocenters. The van der Waals surface area contributed by atoms with Crippen LogP contribution >= 0.6 is 0 Å². The van der Waals surface area contributed by atoms with Gasteiger partial charge in [-0.05, 0) is 44.2 Å². The molecule has 1 aromatic rings. The SMILES string of the molecule is CC(C)Cc1ccc(C(C)NC(=O)CN2C(=O)NC(C)(C)C2=O)cc1. The van der Waals surface area contributed by atoms with E-state index >= 15 is 0 Å². The zero-order chi connectivity index (χ0) is 18.8. The van der Waals surface area contributed by atoms with Gasteiger partial charge in [0.05, 0.1) is 6.04 Å². The van der Waals surface area contributed by atoms with Crippen LogP contribution in [0.2, 0.25) is 0 Å². The number of rotatable bonds is 6. The first-order valence-electron chi connectivity index (χ1n) is 8.62. The summed E-state index contributed by atoms with van der Waals surface area (Å²) in [7, 11) is 0. The summed E-state index contributed by atoms with van der Waals surface area (Å²) < 4.78 is 0. The number of urea groups is 1. The fourth-order valence-corrected chi connectivity index (χ4v) is 2.89. The van der Waals surface area contributed by atoms with Gasteiger partial charge in [0, 0.05) is 0 Å². The molecule has 1 fully saturated rings. The van der Waals surface area contributed by atoms with Crippen LogP contribution in [0.3, 0.4) is 0 Å². The van der Waals surface area contributed by atoms with Gasteiger partial charge in [-0.25, -0.2) is 4.79 Å². The molecule has 136 valence electrons. The second-order valence-corrected chi connectivity index (χ2v) is 7.58. The lowest BCUT2D eigenvalue weighted by atomic mass is 10.00. The Morgan fingerprint density at radius 1 is 1.16 bits per heavy atom. The van der Waals surface area contributed by atoms with E-state index < -0.39 is 17.5 Å². The predicted octanol–water partition coefficient (Wildman–Crippen LogP) is 2.39. The summed E-state index contributed by atoms with van der Waals surface area (Å²) in [5.41, 5.74) is 1.28. The highest BCUT2D eigenvalue weighted by atomic mass is 16.2. The number of nitrogens with zero attached hydrogens (tertiary/aromatic N) is 1. The fraction of sp³-hybridized carbons (Fsp3) is 0.526. The second-order valence-electron chi connectivity index (χ2n) is 7.58. The summed E-state index contributed by atoms with van der Waals surface area (Å²) in [5, 5.41) is 5.40. The van der Waals surface area contributed by atoms with Crippen molar-refractivity contribution < 1.29 is 14.4 Å². The number of imide groups is 1. The summed E-state index contributed by atoms with van der Waals surface area (Å²) >= 11 is 0. The molecule has 1 unspecified atom stereocenters. The van der Waals surface area contributed by atoms with E-state index in [1.54, 1.807) is 13.8 Å². The first-order chi connectivity index (χ1) is 11.6. The van der Waals surface area contributed by atoms with Gasteiger partial charge in [-0.1, -0.05) is 38.1 Å². The number of hydrogen-bond donors (Lipinski definition) is 2. The molecule has 2 rings (SSSR count). The normalized spacial score (nSPS) is 17.6. The van der Waals surface area contributed by atoms with Crippen LogP contribution in [0.25, 0.3) is 0 Å². The Labute approximate surface area is 149 Å². The Kier molecular flexibility index (Phi) is 5.50. The Hall–Kier alpha value is -2.37. The van der Waals surface area contributed by atoms with Crippen LogP contribution in [-0.2, 0) is 16.0 Å². The molecule has 0 saturated carbocycles. The highest BCUT2D eigenvalue weighted by molar-refractivity contribution is 6.08. The average Bonchev–Trinajstić information content (AvgIpc) is 2.69. The van der Waals surface area contributed by atoms with Gasteiger partial charge < -0.3 is 10.6 Å². The summed E-state index contributed by atoms with van der Waals surface area (Å²) in [5.74, 6) is -0.158. The third-order valence-electron chi connectivity index (χ3n) is 4.25. The molecule has 2 N–H and O–H groups in total. The van der Waals surface area contributed by atoms with Crippen LogP contribution in [0, 0.1) is 5.92 Å². The molecule has 4 amide bonds. The molecule has 25 heavy (non-hydrogen) atoms. The van der Waals surface area contributed by atoms with Gasteiger partial charge in [0.1, 0.15) is 12.1 Å². The number of benzene rings is 1. The van der Waals surface area contributed by atoms with Crippen LogP contribution in [0.4, 0.5) is 4.79 Å². The quantitative estimate of drug-likeness (QED) is 0.777. The minimum Gasteiger partial charge on any atom is -0.348 e. The Morgan fingerprint density at radius 2 is 1.76 bits per heavy atom. The molecule has 1 aromatic carbocycles. The van der Waals surface area contributed by atoms with Crippen molar-refractivity contribution in [2.45, 2.75) is 52.6 Å². The van der Waals surface area contributed by atoms with Crippen molar-refractivity contribution in [1.82, 2.24) is 15.5 Å². The molecule has 1 aliphatic heterocycles. The van der Waals surface area contributed by atoms with E-state index in [-0.39, 0.29) is 18.5 Å². The van der Waals surface area contributed by atoms with Crippen molar-refractivity contribution in [2.24, 2.45) is 5.92 Å². The topological polar surface area (TPSA) is 78.5 Å². The molecule has 1 aliphatic rings. The van der Waals surface area contributed by atoms with Gasteiger partial charge in [-0.15, -0.1) is 0 Å². The average molecular weight is 345 g/mol. The van der Waals surface area contributed by atoms with Crippen molar-refractivity contribution in [1.29, 1.82) is 0 Å². The maximum atomic E-state index is 12.2. The third kappa shape index (κ3) is 4.59. The Balaban J connectivity index is 1.94. The largest absolute Gasteiger partial charge is 0.348 e. The van der Waals surface area contributed by atoms with E-state index in [1.165, 1.54) is 5.56 Å². The van der Waals surface area contributed by atoms with Crippen LogP contribution < -0.4 is 10.6 Å². The maximum absolute atomic E-state index is 12.2. The lowest BCUT2D eigenvalue weighted by molar-refractivity contribution is -0.134. The first kappa shape index (κ1) is 19.0. The lowest BCUT2D eigenvalue weighted by Gasteiger charge is -2.18. The van der Waals surface area contributed by atoms with Gasteiger partial charge in [0.15, 0.2) is 0 Å². The summed E-state index contributed by atoms with van der Waals surface area (Å²) in [6.07, 6.45) is 1.02. The molecule has 6 heteroatoms. The number of hydrogen-bond acceptors (Lipinski definition) is 3. The van der Waals surface area contributed by atoms with Crippen LogP contribution in [0.1, 0.15) is 51.8 Å². The number of amides is 4. The Bertz CT molecular complexity index is 665. The standard InChI is InChI=1S/C19H27N3O3/c1-12(2)10-14-6-8-15(9-7-14)13(3)20-16(23)11-22-17(24)19(4,5)21-18(22)25/h6-9,12-13H,10-11H2,1-5H3,(H,20,23)(H,21,25). The van der Waals surface area contributed by atoms with Crippen LogP contribution in [0.5, 0.6) is 0 Å². The van der Waals surface area contributed by atoms with E-state index in [0.717, 1.165) is 16.9 Å². The van der Waals surface area contributed by atoms with E-state index in [2.05, 4.69) is 36.6 Å². The molecule has 0 radical (unpaired) electrons. The summed E-state index contributed by atoms with van der Waals surface area (Å²) in [6, 6.07) is 7.40. The first-order valence-corrected chi connectivity index (χ1v) is 8.62. The number of carbonyl (C=O) groups excluding carboxylic acids is 3. The molecule has 0 spiro atoms. The smallest absolute Gasteiger partial charge is 0.325 e. The molecule has 1 saturated heterocycles. The molecular weight excluding hydrogens is 318 g/mol. The van der Waals surface area contributed by atoms with Gasteiger partial charge in [-0.3, -0.25) is 14.5 Å². The maximum Gasteiger partial charge on any atom is 0.325 e. The molecule has 6 nitrogen and oxygen atoms in total. The van der Waals surface area contributed by atoms with E-state index in [1.807, 2.05) is 19.1 Å². The molecule has 0 bridgehead atoms.